The summed E-state index contributed by atoms with van der Waals surface area (Å²) in [6.07, 6.45) is 1.59. The predicted molar refractivity (Wildman–Crippen MR) is 101 cm³/mol. The lowest BCUT2D eigenvalue weighted by atomic mass is 10.1. The minimum Gasteiger partial charge on any atom is -0.374 e. The van der Waals surface area contributed by atoms with Crippen LogP contribution in [0.2, 0.25) is 0 Å². The van der Waals surface area contributed by atoms with Crippen molar-refractivity contribution in [2.75, 3.05) is 43.9 Å². The minimum absolute atomic E-state index is 0.244. The molecule has 1 saturated heterocycles. The number of nitrogens with one attached hydrogen (secondary N) is 1. The van der Waals surface area contributed by atoms with E-state index < -0.39 is 5.54 Å². The van der Waals surface area contributed by atoms with Gasteiger partial charge >= 0.3 is 0 Å². The number of nitrogen functional groups attached to an aromatic ring is 1. The second-order valence-corrected chi connectivity index (χ2v) is 7.99. The number of amides is 1. The molecule has 0 aromatic carbocycles. The average molecular weight is 376 g/mol. The van der Waals surface area contributed by atoms with Crippen LogP contribution >= 0.6 is 11.3 Å². The number of nitrogens with zero attached hydrogens (tertiary/aromatic N) is 6. The summed E-state index contributed by atoms with van der Waals surface area (Å²) in [5, 5.41) is 11.8. The minimum atomic E-state index is -0.686. The SMILES string of the molecule is Cc1nc(N2CCN(C)CC2)ncc1C(=O)NC(C)(C)c1nnc(N)s1. The molecule has 140 valence electrons. The van der Waals surface area contributed by atoms with E-state index in [2.05, 4.69) is 42.3 Å². The number of likely N-dealkylation sites (N-methyl/N-ethyl adjacent to an activating group) is 1. The van der Waals surface area contributed by atoms with E-state index in [0.29, 0.717) is 27.3 Å². The number of hydrogen-bond acceptors (Lipinski definition) is 9. The average Bonchev–Trinajstić information content (AvgIpc) is 3.02. The van der Waals surface area contributed by atoms with Gasteiger partial charge in [0.15, 0.2) is 0 Å². The lowest BCUT2D eigenvalue weighted by molar-refractivity contribution is 0.0910. The first-order chi connectivity index (χ1) is 12.3. The highest BCUT2D eigenvalue weighted by Gasteiger charge is 2.29. The maximum absolute atomic E-state index is 12.7. The molecular weight excluding hydrogens is 352 g/mol. The largest absolute Gasteiger partial charge is 0.374 e. The lowest BCUT2D eigenvalue weighted by Gasteiger charge is -2.32. The van der Waals surface area contributed by atoms with Crippen LogP contribution in [0, 0.1) is 6.92 Å². The van der Waals surface area contributed by atoms with Crippen molar-refractivity contribution in [2.24, 2.45) is 0 Å². The number of carbonyl (C=O) groups excluding carboxylic acids is 1. The first kappa shape index (κ1) is 18.5. The number of hydrogen-bond donors (Lipinski definition) is 2. The Balaban J connectivity index is 1.73. The van der Waals surface area contributed by atoms with Crippen molar-refractivity contribution >= 4 is 28.3 Å². The van der Waals surface area contributed by atoms with Gasteiger partial charge in [0.05, 0.1) is 16.8 Å². The second-order valence-electron chi connectivity index (χ2n) is 6.98. The van der Waals surface area contributed by atoms with E-state index in [0.717, 1.165) is 26.2 Å². The van der Waals surface area contributed by atoms with Gasteiger partial charge in [0.25, 0.3) is 5.91 Å². The third kappa shape index (κ3) is 3.91. The van der Waals surface area contributed by atoms with Crippen molar-refractivity contribution in [3.63, 3.8) is 0 Å². The first-order valence-electron chi connectivity index (χ1n) is 8.45. The Labute approximate surface area is 156 Å². The number of nitrogens with two attached hydrogens (primary N) is 1. The number of aromatic nitrogens is 4. The molecule has 1 aliphatic heterocycles. The summed E-state index contributed by atoms with van der Waals surface area (Å²) in [6, 6.07) is 0. The van der Waals surface area contributed by atoms with Crippen molar-refractivity contribution in [1.82, 2.24) is 30.4 Å². The smallest absolute Gasteiger partial charge is 0.255 e. The molecule has 0 unspecified atom stereocenters. The fraction of sp³-hybridized carbons (Fsp3) is 0.562. The molecular formula is C16H24N8OS. The van der Waals surface area contributed by atoms with E-state index in [1.807, 2.05) is 20.8 Å². The van der Waals surface area contributed by atoms with Crippen molar-refractivity contribution < 1.29 is 4.79 Å². The van der Waals surface area contributed by atoms with E-state index >= 15 is 0 Å². The molecule has 2 aromatic rings. The molecule has 9 nitrogen and oxygen atoms in total. The Bertz CT molecular complexity index is 797. The molecule has 10 heteroatoms. The van der Waals surface area contributed by atoms with Gasteiger partial charge in [0.2, 0.25) is 11.1 Å². The van der Waals surface area contributed by atoms with Crippen LogP contribution in [0.5, 0.6) is 0 Å². The van der Waals surface area contributed by atoms with Gasteiger partial charge in [0.1, 0.15) is 5.01 Å². The molecule has 0 aliphatic carbocycles. The Kier molecular flexibility index (Phi) is 5.05. The van der Waals surface area contributed by atoms with Crippen LogP contribution in [-0.4, -0.2) is 64.2 Å². The number of piperazine rings is 1. The zero-order valence-electron chi connectivity index (χ0n) is 15.5. The van der Waals surface area contributed by atoms with Crippen molar-refractivity contribution in [2.45, 2.75) is 26.3 Å². The van der Waals surface area contributed by atoms with Gasteiger partial charge in [-0.15, -0.1) is 10.2 Å². The van der Waals surface area contributed by atoms with Gasteiger partial charge in [0, 0.05) is 32.4 Å². The molecule has 0 atom stereocenters. The second kappa shape index (κ2) is 7.12. The Morgan fingerprint density at radius 1 is 1.27 bits per heavy atom. The van der Waals surface area contributed by atoms with Gasteiger partial charge < -0.3 is 20.9 Å². The molecule has 1 amide bonds. The van der Waals surface area contributed by atoms with Gasteiger partial charge in [-0.1, -0.05) is 11.3 Å². The zero-order chi connectivity index (χ0) is 18.9. The molecule has 0 radical (unpaired) electrons. The lowest BCUT2D eigenvalue weighted by Crippen LogP contribution is -2.45. The summed E-state index contributed by atoms with van der Waals surface area (Å²) in [4.78, 5) is 26.1. The quantitative estimate of drug-likeness (QED) is 0.799. The van der Waals surface area contributed by atoms with Crippen LogP contribution in [0.1, 0.15) is 34.9 Å². The molecule has 3 heterocycles. The van der Waals surface area contributed by atoms with Gasteiger partial charge in [-0.2, -0.15) is 0 Å². The molecule has 3 N–H and O–H groups in total. The Morgan fingerprint density at radius 2 is 1.96 bits per heavy atom. The predicted octanol–water partition coefficient (Wildman–Crippen LogP) is 0.636. The third-order valence-electron chi connectivity index (χ3n) is 4.40. The van der Waals surface area contributed by atoms with E-state index in [-0.39, 0.29) is 5.91 Å². The molecule has 0 spiro atoms. The number of anilines is 2. The van der Waals surface area contributed by atoms with Crippen LogP contribution in [0.3, 0.4) is 0 Å². The summed E-state index contributed by atoms with van der Waals surface area (Å²) in [5.41, 5.74) is 6.06. The van der Waals surface area contributed by atoms with Crippen molar-refractivity contribution in [1.29, 1.82) is 0 Å². The van der Waals surface area contributed by atoms with Crippen LogP contribution in [0.25, 0.3) is 0 Å². The molecule has 3 rings (SSSR count). The summed E-state index contributed by atoms with van der Waals surface area (Å²) < 4.78 is 0. The number of carbonyl (C=O) groups is 1. The highest BCUT2D eigenvalue weighted by atomic mass is 32.1. The molecule has 1 fully saturated rings. The van der Waals surface area contributed by atoms with Crippen molar-refractivity contribution in [3.8, 4) is 0 Å². The maximum Gasteiger partial charge on any atom is 0.255 e. The molecule has 26 heavy (non-hydrogen) atoms. The highest BCUT2D eigenvalue weighted by Crippen LogP contribution is 2.25. The van der Waals surface area contributed by atoms with Crippen LogP contribution in [-0.2, 0) is 5.54 Å². The molecule has 0 saturated carbocycles. The number of aryl methyl sites for hydroxylation is 1. The van der Waals surface area contributed by atoms with E-state index in [1.165, 1.54) is 11.3 Å². The fourth-order valence-electron chi connectivity index (χ4n) is 2.73. The van der Waals surface area contributed by atoms with Gasteiger partial charge in [-0.25, -0.2) is 9.97 Å². The van der Waals surface area contributed by atoms with Crippen LogP contribution < -0.4 is 16.0 Å². The van der Waals surface area contributed by atoms with Gasteiger partial charge in [-0.05, 0) is 27.8 Å². The monoisotopic (exact) mass is 376 g/mol. The van der Waals surface area contributed by atoms with Gasteiger partial charge in [-0.3, -0.25) is 4.79 Å². The normalized spacial score (nSPS) is 15.9. The number of rotatable bonds is 4. The Morgan fingerprint density at radius 3 is 2.54 bits per heavy atom. The highest BCUT2D eigenvalue weighted by molar-refractivity contribution is 7.15. The molecule has 1 aliphatic rings. The molecule has 2 aromatic heterocycles. The van der Waals surface area contributed by atoms with Crippen LogP contribution in [0.4, 0.5) is 11.1 Å². The van der Waals surface area contributed by atoms with E-state index in [4.69, 9.17) is 5.73 Å². The standard InChI is InChI=1S/C16H24N8OS/c1-10-11(9-18-15(19-10)24-7-5-23(4)6-8-24)12(25)20-16(2,3)13-21-22-14(17)26-13/h9H,5-8H2,1-4H3,(H2,17,22)(H,20,25). The molecule has 0 bridgehead atoms. The fourth-order valence-corrected chi connectivity index (χ4v) is 3.40. The summed E-state index contributed by atoms with van der Waals surface area (Å²) in [6.45, 7) is 9.26. The maximum atomic E-state index is 12.7. The summed E-state index contributed by atoms with van der Waals surface area (Å²) in [7, 11) is 2.10. The van der Waals surface area contributed by atoms with Crippen LogP contribution in [0.15, 0.2) is 6.20 Å². The van der Waals surface area contributed by atoms with E-state index in [1.54, 1.807) is 6.20 Å². The van der Waals surface area contributed by atoms with Crippen molar-refractivity contribution in [3.05, 3.63) is 22.5 Å². The first-order valence-corrected chi connectivity index (χ1v) is 9.27. The zero-order valence-corrected chi connectivity index (χ0v) is 16.3. The Hall–Kier alpha value is -2.33. The summed E-state index contributed by atoms with van der Waals surface area (Å²) >= 11 is 1.26. The topological polar surface area (TPSA) is 113 Å². The third-order valence-corrected chi connectivity index (χ3v) is 5.47. The van der Waals surface area contributed by atoms with E-state index in [9.17, 15) is 4.79 Å². The summed E-state index contributed by atoms with van der Waals surface area (Å²) in [5.74, 6) is 0.425.